The van der Waals surface area contributed by atoms with E-state index >= 15 is 0 Å². The predicted octanol–water partition coefficient (Wildman–Crippen LogP) is 3.02. The summed E-state index contributed by atoms with van der Waals surface area (Å²) in [5, 5.41) is 3.13. The highest BCUT2D eigenvalue weighted by Crippen LogP contribution is 2.38. The predicted molar refractivity (Wildman–Crippen MR) is 124 cm³/mol. The van der Waals surface area contributed by atoms with Gasteiger partial charge in [0, 0.05) is 31.2 Å². The van der Waals surface area contributed by atoms with Gasteiger partial charge in [0.25, 0.3) is 5.91 Å². The molecule has 0 aliphatic carbocycles. The van der Waals surface area contributed by atoms with E-state index in [4.69, 9.17) is 9.47 Å². The number of nitrogens with zero attached hydrogens (tertiary/aromatic N) is 2. The van der Waals surface area contributed by atoms with E-state index in [-0.39, 0.29) is 23.9 Å². The molecule has 2 aromatic carbocycles. The number of likely N-dealkylation sites (tertiary alicyclic amines) is 2. The van der Waals surface area contributed by atoms with Gasteiger partial charge in [-0.2, -0.15) is 0 Å². The van der Waals surface area contributed by atoms with Crippen LogP contribution in [0.4, 0.5) is 0 Å². The summed E-state index contributed by atoms with van der Waals surface area (Å²) < 4.78 is 11.4. The van der Waals surface area contributed by atoms with Gasteiger partial charge in [0.2, 0.25) is 5.91 Å². The minimum atomic E-state index is -0.0236. The first kappa shape index (κ1) is 21.8. The van der Waals surface area contributed by atoms with Crippen LogP contribution in [0.5, 0.6) is 11.5 Å². The molecule has 0 saturated carbocycles. The summed E-state index contributed by atoms with van der Waals surface area (Å²) in [5.41, 5.74) is 1.81. The lowest BCUT2D eigenvalue weighted by molar-refractivity contribution is -0.133. The van der Waals surface area contributed by atoms with E-state index in [1.165, 1.54) is 0 Å². The Hall–Kier alpha value is -3.06. The molecule has 2 aromatic rings. The summed E-state index contributed by atoms with van der Waals surface area (Å²) in [5.74, 6) is 1.71. The molecule has 1 N–H and O–H groups in total. The molecule has 0 aromatic heterocycles. The first-order valence-corrected chi connectivity index (χ1v) is 11.9. The Morgan fingerprint density at radius 1 is 0.909 bits per heavy atom. The van der Waals surface area contributed by atoms with Crippen molar-refractivity contribution in [3.63, 3.8) is 0 Å². The number of fused-ring (bicyclic) bond motifs is 1. The zero-order valence-electron chi connectivity index (χ0n) is 18.9. The number of benzene rings is 2. The Morgan fingerprint density at radius 3 is 2.45 bits per heavy atom. The highest BCUT2D eigenvalue weighted by Gasteiger charge is 2.32. The molecule has 3 aliphatic heterocycles. The molecule has 7 nitrogen and oxygen atoms in total. The summed E-state index contributed by atoms with van der Waals surface area (Å²) in [6, 6.07) is 15.6. The smallest absolute Gasteiger partial charge is 0.251 e. The van der Waals surface area contributed by atoms with Crippen molar-refractivity contribution in [3.05, 3.63) is 59.7 Å². The third-order valence-electron chi connectivity index (χ3n) is 6.84. The minimum Gasteiger partial charge on any atom is -0.486 e. The average molecular weight is 450 g/mol. The van der Waals surface area contributed by atoms with Crippen molar-refractivity contribution < 1.29 is 19.1 Å². The second-order valence-corrected chi connectivity index (χ2v) is 9.04. The quantitative estimate of drug-likeness (QED) is 0.760. The number of ether oxygens (including phenoxy) is 2. The molecule has 33 heavy (non-hydrogen) atoms. The molecule has 5 rings (SSSR count). The van der Waals surface area contributed by atoms with Gasteiger partial charge in [-0.15, -0.1) is 0 Å². The van der Waals surface area contributed by atoms with E-state index in [2.05, 4.69) is 16.3 Å². The van der Waals surface area contributed by atoms with Gasteiger partial charge in [-0.1, -0.05) is 24.3 Å². The lowest BCUT2D eigenvalue weighted by atomic mass is 10.0. The lowest BCUT2D eigenvalue weighted by Gasteiger charge is -2.34. The number of carbonyl (C=O) groups excluding carboxylic acids is 2. The zero-order chi connectivity index (χ0) is 22.6. The van der Waals surface area contributed by atoms with E-state index in [0.29, 0.717) is 25.3 Å². The molecular weight excluding hydrogens is 418 g/mol. The van der Waals surface area contributed by atoms with Gasteiger partial charge >= 0.3 is 0 Å². The van der Waals surface area contributed by atoms with E-state index in [1.807, 2.05) is 47.4 Å². The number of hydrogen-bond donors (Lipinski definition) is 1. The molecule has 0 spiro atoms. The van der Waals surface area contributed by atoms with Crippen molar-refractivity contribution >= 4 is 11.8 Å². The molecule has 7 heteroatoms. The number of piperidine rings is 1. The highest BCUT2D eigenvalue weighted by molar-refractivity contribution is 5.94. The molecule has 2 saturated heterocycles. The van der Waals surface area contributed by atoms with E-state index in [9.17, 15) is 9.59 Å². The number of hydrogen-bond acceptors (Lipinski definition) is 5. The van der Waals surface area contributed by atoms with E-state index in [1.54, 1.807) is 0 Å². The monoisotopic (exact) mass is 449 g/mol. The van der Waals surface area contributed by atoms with Crippen LogP contribution < -0.4 is 14.8 Å². The fraction of sp³-hybridized carbons (Fsp3) is 0.462. The molecule has 0 bridgehead atoms. The van der Waals surface area contributed by atoms with Crippen molar-refractivity contribution in [2.45, 2.75) is 37.8 Å². The lowest BCUT2D eigenvalue weighted by Crippen LogP contribution is -2.48. The first-order chi connectivity index (χ1) is 16.2. The second kappa shape index (κ2) is 9.83. The zero-order valence-corrected chi connectivity index (χ0v) is 18.9. The molecule has 2 fully saturated rings. The molecule has 2 amide bonds. The Labute approximate surface area is 194 Å². The van der Waals surface area contributed by atoms with Gasteiger partial charge in [0.1, 0.15) is 13.2 Å². The van der Waals surface area contributed by atoms with Crippen LogP contribution in [-0.2, 0) is 4.79 Å². The van der Waals surface area contributed by atoms with Crippen LogP contribution in [-0.4, -0.2) is 67.0 Å². The molecule has 3 aliphatic rings. The average Bonchev–Trinajstić information content (AvgIpc) is 3.36. The van der Waals surface area contributed by atoms with Gasteiger partial charge in [-0.05, 0) is 55.5 Å². The Balaban J connectivity index is 1.14. The minimum absolute atomic E-state index is 0.0236. The number of carbonyl (C=O) groups is 2. The highest BCUT2D eigenvalue weighted by atomic mass is 16.6. The van der Waals surface area contributed by atoms with Crippen LogP contribution in [0.25, 0.3) is 0 Å². The first-order valence-electron chi connectivity index (χ1n) is 11.9. The Kier molecular flexibility index (Phi) is 6.48. The van der Waals surface area contributed by atoms with Crippen molar-refractivity contribution in [3.8, 4) is 11.5 Å². The summed E-state index contributed by atoms with van der Waals surface area (Å²) >= 11 is 0. The van der Waals surface area contributed by atoms with Crippen LogP contribution in [0.15, 0.2) is 48.5 Å². The standard InChI is InChI=1S/C26H31N3O4/c30-25(18-28-13-10-21(11-14-28)27-26(31)19-5-2-1-3-6-19)29-12-4-7-22(29)20-8-9-23-24(17-20)33-16-15-32-23/h1-3,5-6,8-9,17,21-22H,4,7,10-16,18H2,(H,27,31)/t22-/m1/s1. The SMILES string of the molecule is O=C(NC1CCN(CC(=O)N2CCC[C@@H]2c2ccc3c(c2)OCCO3)CC1)c1ccccc1. The Morgan fingerprint density at radius 2 is 1.67 bits per heavy atom. The molecule has 174 valence electrons. The van der Waals surface area contributed by atoms with Gasteiger partial charge in [0.05, 0.1) is 12.6 Å². The summed E-state index contributed by atoms with van der Waals surface area (Å²) in [6.45, 7) is 3.99. The molecular formula is C26H31N3O4. The third-order valence-corrected chi connectivity index (χ3v) is 6.84. The largest absolute Gasteiger partial charge is 0.486 e. The summed E-state index contributed by atoms with van der Waals surface area (Å²) in [4.78, 5) is 29.8. The van der Waals surface area contributed by atoms with Crippen LogP contribution in [0.3, 0.4) is 0 Å². The van der Waals surface area contributed by atoms with Crippen molar-refractivity contribution in [2.24, 2.45) is 0 Å². The maximum Gasteiger partial charge on any atom is 0.251 e. The summed E-state index contributed by atoms with van der Waals surface area (Å²) in [7, 11) is 0. The van der Waals surface area contributed by atoms with Crippen LogP contribution in [0, 0.1) is 0 Å². The molecule has 0 unspecified atom stereocenters. The van der Waals surface area contributed by atoms with Gasteiger partial charge in [-0.3, -0.25) is 14.5 Å². The number of rotatable bonds is 5. The van der Waals surface area contributed by atoms with Crippen molar-refractivity contribution in [1.29, 1.82) is 0 Å². The third kappa shape index (κ3) is 4.98. The van der Waals surface area contributed by atoms with Gasteiger partial charge < -0.3 is 19.7 Å². The van der Waals surface area contributed by atoms with E-state index < -0.39 is 0 Å². The van der Waals surface area contributed by atoms with Gasteiger partial charge in [-0.25, -0.2) is 0 Å². The molecule has 0 radical (unpaired) electrons. The maximum atomic E-state index is 13.2. The normalized spacial score (nSPS) is 21.1. The number of nitrogens with one attached hydrogen (secondary N) is 1. The van der Waals surface area contributed by atoms with Crippen molar-refractivity contribution in [2.75, 3.05) is 39.4 Å². The van der Waals surface area contributed by atoms with Gasteiger partial charge in [0.15, 0.2) is 11.5 Å². The van der Waals surface area contributed by atoms with Crippen LogP contribution in [0.1, 0.15) is 47.6 Å². The fourth-order valence-electron chi connectivity index (χ4n) is 5.05. The summed E-state index contributed by atoms with van der Waals surface area (Å²) in [6.07, 6.45) is 3.70. The Bertz CT molecular complexity index is 988. The van der Waals surface area contributed by atoms with E-state index in [0.717, 1.165) is 62.4 Å². The second-order valence-electron chi connectivity index (χ2n) is 9.04. The van der Waals surface area contributed by atoms with Crippen molar-refractivity contribution in [1.82, 2.24) is 15.1 Å². The molecule has 1 atom stereocenters. The van der Waals surface area contributed by atoms with Crippen LogP contribution >= 0.6 is 0 Å². The maximum absolute atomic E-state index is 13.2. The number of amides is 2. The fourth-order valence-corrected chi connectivity index (χ4v) is 5.05. The molecule has 3 heterocycles. The topological polar surface area (TPSA) is 71.1 Å². The van der Waals surface area contributed by atoms with Crippen LogP contribution in [0.2, 0.25) is 0 Å².